The molecule has 3 aromatic rings. The van der Waals surface area contributed by atoms with Crippen molar-refractivity contribution in [2.45, 2.75) is 89.5 Å². The second kappa shape index (κ2) is 15.5. The summed E-state index contributed by atoms with van der Waals surface area (Å²) in [5.41, 5.74) is -0.540. The van der Waals surface area contributed by atoms with Crippen LogP contribution in [-0.4, -0.2) is 49.2 Å². The summed E-state index contributed by atoms with van der Waals surface area (Å²) in [5, 5.41) is 7.08. The Kier molecular flexibility index (Phi) is 11.5. The van der Waals surface area contributed by atoms with Crippen LogP contribution in [0.5, 0.6) is 0 Å². The van der Waals surface area contributed by atoms with Crippen LogP contribution in [0, 0.1) is 23.7 Å². The third-order valence-corrected chi connectivity index (χ3v) is 16.2. The minimum Gasteiger partial charge on any atom is -1.00 e. The standard InChI is InChI=1S/C40H50NO6P.BrH/c1-29-22-23-35-30(2)36(44-37-40(35)34(29)24-25-39(3,45-37)46-47-40)21-13-27-43-38(42)41-26-14-28-48(31-15-7-4-8-16-31,32-17-9-5-10-18-32)33-19-11-6-12-20-33;/h4-12,15-20,29-30,34-37H,13-14,21-28H2,1-3H3;1H/t29-,30-,34+,35+,36-,37-,39-,40-;/m1./s1. The number of amides is 1. The van der Waals surface area contributed by atoms with E-state index in [2.05, 4.69) is 110 Å². The highest BCUT2D eigenvalue weighted by atomic mass is 79.9. The van der Waals surface area contributed by atoms with Crippen LogP contribution in [0.4, 0.5) is 4.79 Å². The van der Waals surface area contributed by atoms with Gasteiger partial charge in [-0.25, -0.2) is 14.6 Å². The Bertz CT molecular complexity index is 1420. The smallest absolute Gasteiger partial charge is 0.407 e. The van der Waals surface area contributed by atoms with Gasteiger partial charge in [0.2, 0.25) is 5.79 Å². The lowest BCUT2D eigenvalue weighted by atomic mass is 9.57. The van der Waals surface area contributed by atoms with Crippen LogP contribution < -0.4 is 38.2 Å². The van der Waals surface area contributed by atoms with E-state index in [1.54, 1.807) is 0 Å². The molecule has 4 heterocycles. The first-order valence-corrected chi connectivity index (χ1v) is 20.0. The molecule has 3 aromatic carbocycles. The molecular formula is C40H51BrNO6P. The van der Waals surface area contributed by atoms with Crippen molar-refractivity contribution in [3.63, 3.8) is 0 Å². The van der Waals surface area contributed by atoms with Crippen LogP contribution in [0.25, 0.3) is 0 Å². The van der Waals surface area contributed by atoms with E-state index in [9.17, 15) is 4.79 Å². The summed E-state index contributed by atoms with van der Waals surface area (Å²) in [7, 11) is -1.93. The first-order valence-electron chi connectivity index (χ1n) is 18.0. The van der Waals surface area contributed by atoms with Gasteiger partial charge in [0.25, 0.3) is 0 Å². The Balaban J connectivity index is 0.00000417. The molecule has 4 saturated heterocycles. The number of ether oxygens (including phenoxy) is 3. The van der Waals surface area contributed by atoms with E-state index in [0.717, 1.165) is 44.7 Å². The van der Waals surface area contributed by atoms with Crippen molar-refractivity contribution in [3.8, 4) is 0 Å². The molecule has 1 spiro atoms. The highest BCUT2D eigenvalue weighted by molar-refractivity contribution is 7.95. The van der Waals surface area contributed by atoms with Gasteiger partial charge in [-0.15, -0.1) is 0 Å². The maximum absolute atomic E-state index is 12.8. The fourth-order valence-electron chi connectivity index (χ4n) is 9.20. The monoisotopic (exact) mass is 751 g/mol. The zero-order valence-corrected chi connectivity index (χ0v) is 31.5. The van der Waals surface area contributed by atoms with Gasteiger partial charge in [0.1, 0.15) is 23.2 Å². The third-order valence-electron chi connectivity index (χ3n) is 11.7. The Morgan fingerprint density at radius 2 is 1.45 bits per heavy atom. The van der Waals surface area contributed by atoms with E-state index < -0.39 is 24.9 Å². The quantitative estimate of drug-likeness (QED) is 0.181. The third kappa shape index (κ3) is 6.99. The molecule has 4 aliphatic heterocycles. The average molecular weight is 753 g/mol. The van der Waals surface area contributed by atoms with Crippen molar-refractivity contribution in [2.75, 3.05) is 19.3 Å². The van der Waals surface area contributed by atoms with E-state index in [1.807, 2.05) is 6.92 Å². The van der Waals surface area contributed by atoms with Gasteiger partial charge in [0, 0.05) is 18.9 Å². The topological polar surface area (TPSA) is 75.3 Å². The summed E-state index contributed by atoms with van der Waals surface area (Å²) >= 11 is 0. The molecule has 1 saturated carbocycles. The molecule has 1 amide bonds. The molecule has 49 heavy (non-hydrogen) atoms. The lowest BCUT2D eigenvalue weighted by Crippen LogP contribution is -3.00. The molecule has 1 N–H and O–H groups in total. The van der Waals surface area contributed by atoms with Crippen LogP contribution in [0.15, 0.2) is 91.0 Å². The number of hydrogen-bond acceptors (Lipinski definition) is 6. The van der Waals surface area contributed by atoms with Gasteiger partial charge in [0.05, 0.1) is 18.9 Å². The van der Waals surface area contributed by atoms with E-state index in [-0.39, 0.29) is 29.2 Å². The number of rotatable bonds is 11. The number of carbonyl (C=O) groups excluding carboxylic acids is 1. The van der Waals surface area contributed by atoms with Crippen molar-refractivity contribution in [2.24, 2.45) is 23.7 Å². The second-order valence-electron chi connectivity index (χ2n) is 14.5. The fraction of sp³-hybridized carbons (Fsp3) is 0.525. The summed E-state index contributed by atoms with van der Waals surface area (Å²) in [5.74, 6) is 0.744. The highest BCUT2D eigenvalue weighted by Crippen LogP contribution is 2.61. The summed E-state index contributed by atoms with van der Waals surface area (Å²) < 4.78 is 18.9. The lowest BCUT2D eigenvalue weighted by molar-refractivity contribution is -0.571. The lowest BCUT2D eigenvalue weighted by Gasteiger charge is -2.60. The Morgan fingerprint density at radius 1 is 0.837 bits per heavy atom. The molecule has 0 radical (unpaired) electrons. The maximum atomic E-state index is 12.8. The molecule has 9 heteroatoms. The number of nitrogens with one attached hydrogen (secondary N) is 1. The SMILES string of the molecule is C[C@H]1[C@@H](CCCOC(=O)NCCC[P+](c2ccccc2)(c2ccccc2)c2ccccc2)O[C@@H]2O[C@@]3(C)CC[C@H]4[C@H](C)CC[C@@H]1[C@@]24OO3.[Br-]. The van der Waals surface area contributed by atoms with Crippen molar-refractivity contribution in [1.29, 1.82) is 0 Å². The minimum atomic E-state index is -1.93. The van der Waals surface area contributed by atoms with E-state index in [0.29, 0.717) is 36.8 Å². The highest BCUT2D eigenvalue weighted by Gasteiger charge is 2.69. The summed E-state index contributed by atoms with van der Waals surface area (Å²) in [6.45, 7) is 7.49. The van der Waals surface area contributed by atoms with Crippen molar-refractivity contribution < 1.29 is 45.8 Å². The molecule has 0 aromatic heterocycles. The maximum Gasteiger partial charge on any atom is 0.407 e. The van der Waals surface area contributed by atoms with Gasteiger partial charge in [-0.05, 0) is 99.6 Å². The molecular weight excluding hydrogens is 701 g/mol. The van der Waals surface area contributed by atoms with Gasteiger partial charge in [-0.2, -0.15) is 0 Å². The molecule has 5 fully saturated rings. The number of alkyl carbamates (subject to hydrolysis) is 1. The molecule has 8 rings (SSSR count). The van der Waals surface area contributed by atoms with Crippen LogP contribution in [-0.2, 0) is 24.0 Å². The van der Waals surface area contributed by atoms with Gasteiger partial charge >= 0.3 is 6.09 Å². The summed E-state index contributed by atoms with van der Waals surface area (Å²) in [6, 6.07) is 32.6. The van der Waals surface area contributed by atoms with Crippen molar-refractivity contribution in [1.82, 2.24) is 5.32 Å². The van der Waals surface area contributed by atoms with Crippen LogP contribution in [0.1, 0.15) is 65.7 Å². The minimum absolute atomic E-state index is 0. The first kappa shape index (κ1) is 36.5. The molecule has 5 aliphatic rings. The predicted octanol–water partition coefficient (Wildman–Crippen LogP) is 4.13. The number of halogens is 1. The zero-order valence-electron chi connectivity index (χ0n) is 29.0. The predicted molar refractivity (Wildman–Crippen MR) is 190 cm³/mol. The largest absolute Gasteiger partial charge is 1.00 e. The Labute approximate surface area is 302 Å². The van der Waals surface area contributed by atoms with E-state index in [1.165, 1.54) is 22.3 Å². The average Bonchev–Trinajstić information content (AvgIpc) is 3.35. The first-order chi connectivity index (χ1) is 23.4. The summed E-state index contributed by atoms with van der Waals surface area (Å²) in [4.78, 5) is 25.0. The van der Waals surface area contributed by atoms with Gasteiger partial charge in [-0.3, -0.25) is 0 Å². The van der Waals surface area contributed by atoms with Crippen LogP contribution in [0.2, 0.25) is 0 Å². The normalized spacial score (nSPS) is 31.9. The fourth-order valence-corrected chi connectivity index (χ4v) is 13.5. The Hall–Kier alpha value is -2.32. The van der Waals surface area contributed by atoms with Gasteiger partial charge < -0.3 is 36.5 Å². The second-order valence-corrected chi connectivity index (χ2v) is 18.2. The van der Waals surface area contributed by atoms with Crippen molar-refractivity contribution >= 4 is 29.3 Å². The molecule has 7 nitrogen and oxygen atoms in total. The number of benzene rings is 3. The summed E-state index contributed by atoms with van der Waals surface area (Å²) in [6.07, 6.45) is 6.66. The Morgan fingerprint density at radius 3 is 2.06 bits per heavy atom. The van der Waals surface area contributed by atoms with Crippen LogP contribution >= 0.6 is 7.26 Å². The number of carbonyl (C=O) groups is 1. The van der Waals surface area contributed by atoms with E-state index in [4.69, 9.17) is 24.0 Å². The molecule has 264 valence electrons. The molecule has 0 unspecified atom stereocenters. The molecule has 2 bridgehead atoms. The van der Waals surface area contributed by atoms with E-state index >= 15 is 0 Å². The zero-order chi connectivity index (χ0) is 33.2. The van der Waals surface area contributed by atoms with Crippen LogP contribution in [0.3, 0.4) is 0 Å². The van der Waals surface area contributed by atoms with Gasteiger partial charge in [0.15, 0.2) is 11.9 Å². The van der Waals surface area contributed by atoms with Gasteiger partial charge in [-0.1, -0.05) is 68.4 Å². The molecule has 8 atom stereocenters. The molecule has 1 aliphatic carbocycles. The number of hydrogen-bond donors (Lipinski definition) is 1. The van der Waals surface area contributed by atoms with Crippen molar-refractivity contribution in [3.05, 3.63) is 91.0 Å². The number of fused-ring (bicyclic) bond motifs is 2.